The number of allylic oxidation sites excluding steroid dienone is 1. The predicted molar refractivity (Wildman–Crippen MR) is 81.1 cm³/mol. The summed E-state index contributed by atoms with van der Waals surface area (Å²) in [4.78, 5) is 12.6. The predicted octanol–water partition coefficient (Wildman–Crippen LogP) is 4.15. The molecule has 3 atom stereocenters. The molecule has 3 fully saturated rings. The summed E-state index contributed by atoms with van der Waals surface area (Å²) in [5.41, 5.74) is 4.13. The third kappa shape index (κ3) is 1.31. The van der Waals surface area contributed by atoms with Crippen molar-refractivity contribution < 1.29 is 9.53 Å². The average Bonchev–Trinajstić information content (AvgIpc) is 3.18. The third-order valence-electron chi connectivity index (χ3n) is 6.44. The van der Waals surface area contributed by atoms with Crippen LogP contribution in [0.2, 0.25) is 0 Å². The topological polar surface area (TPSA) is 26.3 Å². The van der Waals surface area contributed by atoms with Gasteiger partial charge in [0.2, 0.25) is 0 Å². The number of benzene rings is 1. The minimum absolute atomic E-state index is 0.147. The van der Waals surface area contributed by atoms with E-state index in [2.05, 4.69) is 6.07 Å². The first-order valence-electron chi connectivity index (χ1n) is 8.21. The quantitative estimate of drug-likeness (QED) is 0.772. The van der Waals surface area contributed by atoms with Crippen LogP contribution in [0.5, 0.6) is 0 Å². The van der Waals surface area contributed by atoms with Gasteiger partial charge in [-0.3, -0.25) is 4.79 Å². The zero-order chi connectivity index (χ0) is 14.2. The minimum atomic E-state index is -0.169. The van der Waals surface area contributed by atoms with Crippen LogP contribution < -0.4 is 0 Å². The molecule has 2 bridgehead atoms. The zero-order valence-electron chi connectivity index (χ0n) is 12.4. The lowest BCUT2D eigenvalue weighted by Gasteiger charge is -2.29. The molecule has 0 N–H and O–H groups in total. The maximum atomic E-state index is 12.6. The molecule has 2 heteroatoms. The van der Waals surface area contributed by atoms with Gasteiger partial charge in [0.05, 0.1) is 11.2 Å². The Morgan fingerprint density at radius 2 is 1.95 bits per heavy atom. The molecule has 21 heavy (non-hydrogen) atoms. The molecule has 4 aliphatic rings. The van der Waals surface area contributed by atoms with E-state index in [-0.39, 0.29) is 17.0 Å². The van der Waals surface area contributed by atoms with Gasteiger partial charge in [0.1, 0.15) is 0 Å². The summed E-state index contributed by atoms with van der Waals surface area (Å²) in [7, 11) is 0. The Morgan fingerprint density at radius 3 is 2.76 bits per heavy atom. The largest absolute Gasteiger partial charge is 0.364 e. The number of rotatable bonds is 1. The van der Waals surface area contributed by atoms with Gasteiger partial charge in [0, 0.05) is 11.1 Å². The Kier molecular flexibility index (Phi) is 2.13. The van der Waals surface area contributed by atoms with Gasteiger partial charge in [-0.2, -0.15) is 0 Å². The third-order valence-corrected chi connectivity index (χ3v) is 6.44. The van der Waals surface area contributed by atoms with E-state index in [1.807, 2.05) is 25.1 Å². The van der Waals surface area contributed by atoms with Crippen LogP contribution in [0.3, 0.4) is 0 Å². The molecule has 1 aromatic rings. The molecule has 1 spiro atoms. The van der Waals surface area contributed by atoms with Gasteiger partial charge in [-0.1, -0.05) is 30.7 Å². The maximum Gasteiger partial charge on any atom is 0.189 e. The summed E-state index contributed by atoms with van der Waals surface area (Å²) < 4.78 is 6.72. The van der Waals surface area contributed by atoms with E-state index in [9.17, 15) is 4.79 Å². The lowest BCUT2D eigenvalue weighted by molar-refractivity contribution is -0.0240. The SMILES string of the molecule is CC1=C(C23CCC4(CCCC4C2)O3)c2ccccc2C1=O. The fourth-order valence-electron chi connectivity index (χ4n) is 5.59. The van der Waals surface area contributed by atoms with Crippen molar-refractivity contribution in [3.63, 3.8) is 0 Å². The van der Waals surface area contributed by atoms with Gasteiger partial charge < -0.3 is 4.74 Å². The van der Waals surface area contributed by atoms with Crippen LogP contribution in [-0.2, 0) is 4.74 Å². The summed E-state index contributed by atoms with van der Waals surface area (Å²) in [6, 6.07) is 8.08. The molecule has 1 aromatic carbocycles. The van der Waals surface area contributed by atoms with Gasteiger partial charge in [-0.05, 0) is 56.1 Å². The van der Waals surface area contributed by atoms with Gasteiger partial charge in [0.25, 0.3) is 0 Å². The first-order valence-corrected chi connectivity index (χ1v) is 8.21. The summed E-state index contributed by atoms with van der Waals surface area (Å²) in [6.07, 6.45) is 7.25. The highest BCUT2D eigenvalue weighted by Gasteiger charge is 2.64. The lowest BCUT2D eigenvalue weighted by atomic mass is 9.72. The van der Waals surface area contributed by atoms with E-state index in [4.69, 9.17) is 4.74 Å². The van der Waals surface area contributed by atoms with Crippen molar-refractivity contribution in [2.24, 2.45) is 5.92 Å². The summed E-state index contributed by atoms with van der Waals surface area (Å²) in [5.74, 6) is 0.922. The highest BCUT2D eigenvalue weighted by molar-refractivity contribution is 6.21. The monoisotopic (exact) mass is 280 g/mol. The summed E-state index contributed by atoms with van der Waals surface area (Å²) in [5, 5.41) is 0. The number of hydrogen-bond acceptors (Lipinski definition) is 2. The van der Waals surface area contributed by atoms with Crippen LogP contribution in [0, 0.1) is 5.92 Å². The summed E-state index contributed by atoms with van der Waals surface area (Å²) >= 11 is 0. The first kappa shape index (κ1) is 12.2. The van der Waals surface area contributed by atoms with Gasteiger partial charge in [-0.25, -0.2) is 0 Å². The number of ketones is 1. The number of carbonyl (C=O) groups is 1. The average molecular weight is 280 g/mol. The second-order valence-corrected chi connectivity index (χ2v) is 7.33. The molecule has 2 saturated heterocycles. The van der Waals surface area contributed by atoms with Crippen molar-refractivity contribution in [1.29, 1.82) is 0 Å². The van der Waals surface area contributed by atoms with E-state index < -0.39 is 0 Å². The molecule has 0 radical (unpaired) electrons. The minimum Gasteiger partial charge on any atom is -0.364 e. The van der Waals surface area contributed by atoms with Crippen molar-refractivity contribution >= 4 is 11.4 Å². The fraction of sp³-hybridized carbons (Fsp3) is 0.526. The Hall–Kier alpha value is -1.41. The number of ether oxygens (including phenoxy) is 1. The Balaban J connectivity index is 1.68. The van der Waals surface area contributed by atoms with Crippen LogP contribution >= 0.6 is 0 Å². The van der Waals surface area contributed by atoms with E-state index in [0.29, 0.717) is 0 Å². The molecule has 2 aliphatic heterocycles. The lowest BCUT2D eigenvalue weighted by Crippen LogP contribution is -2.29. The standard InChI is InChI=1S/C19H20O2/c1-12-16(14-6-2-3-7-15(14)17(12)20)19-10-9-18(21-19)8-4-5-13(18)11-19/h2-3,6-7,13H,4-5,8-11H2,1H3. The number of fused-ring (bicyclic) bond motifs is 2. The van der Waals surface area contributed by atoms with Crippen molar-refractivity contribution in [2.45, 2.75) is 56.7 Å². The first-order chi connectivity index (χ1) is 10.2. The fourth-order valence-corrected chi connectivity index (χ4v) is 5.59. The molecule has 0 aromatic heterocycles. The molecule has 3 unspecified atom stereocenters. The number of carbonyl (C=O) groups excluding carboxylic acids is 1. The second kappa shape index (κ2) is 3.67. The molecular formula is C19H20O2. The molecule has 2 aliphatic carbocycles. The smallest absolute Gasteiger partial charge is 0.189 e. The zero-order valence-corrected chi connectivity index (χ0v) is 12.4. The van der Waals surface area contributed by atoms with Crippen LogP contribution in [0.25, 0.3) is 5.57 Å². The Labute approximate surface area is 125 Å². The molecule has 2 nitrogen and oxygen atoms in total. The van der Waals surface area contributed by atoms with E-state index in [1.54, 1.807) is 0 Å². The van der Waals surface area contributed by atoms with Crippen LogP contribution in [0.15, 0.2) is 29.8 Å². The molecular weight excluding hydrogens is 260 g/mol. The molecule has 2 heterocycles. The molecule has 5 rings (SSSR count). The molecule has 0 amide bonds. The van der Waals surface area contributed by atoms with Gasteiger partial charge >= 0.3 is 0 Å². The van der Waals surface area contributed by atoms with Gasteiger partial charge in [0.15, 0.2) is 5.78 Å². The Bertz CT molecular complexity index is 701. The number of Topliss-reactive ketones (excluding diaryl/α,β-unsaturated/α-hetero) is 1. The highest BCUT2D eigenvalue weighted by Crippen LogP contribution is 2.65. The van der Waals surface area contributed by atoms with Crippen LogP contribution in [0.1, 0.15) is 61.4 Å². The Morgan fingerprint density at radius 1 is 1.14 bits per heavy atom. The van der Waals surface area contributed by atoms with Crippen LogP contribution in [0.4, 0.5) is 0 Å². The van der Waals surface area contributed by atoms with E-state index in [1.165, 1.54) is 31.3 Å². The molecule has 1 saturated carbocycles. The van der Waals surface area contributed by atoms with Crippen molar-refractivity contribution in [3.8, 4) is 0 Å². The van der Waals surface area contributed by atoms with Crippen molar-refractivity contribution in [3.05, 3.63) is 41.0 Å². The van der Waals surface area contributed by atoms with E-state index in [0.717, 1.165) is 35.5 Å². The highest BCUT2D eigenvalue weighted by atomic mass is 16.5. The van der Waals surface area contributed by atoms with E-state index >= 15 is 0 Å². The van der Waals surface area contributed by atoms with Crippen molar-refractivity contribution in [1.82, 2.24) is 0 Å². The maximum absolute atomic E-state index is 12.6. The number of hydrogen-bond donors (Lipinski definition) is 0. The summed E-state index contributed by atoms with van der Waals surface area (Å²) in [6.45, 7) is 1.99. The molecule has 108 valence electrons. The second-order valence-electron chi connectivity index (χ2n) is 7.33. The van der Waals surface area contributed by atoms with Crippen molar-refractivity contribution in [2.75, 3.05) is 0 Å². The normalized spacial score (nSPS) is 40.0. The van der Waals surface area contributed by atoms with Gasteiger partial charge in [-0.15, -0.1) is 0 Å². The van der Waals surface area contributed by atoms with Crippen LogP contribution in [-0.4, -0.2) is 17.0 Å².